The first-order valence-corrected chi connectivity index (χ1v) is 12.1. The minimum absolute atomic E-state index is 0.0667. The molecule has 37 heavy (non-hydrogen) atoms. The highest BCUT2D eigenvalue weighted by molar-refractivity contribution is 5.92. The van der Waals surface area contributed by atoms with E-state index < -0.39 is 0 Å². The van der Waals surface area contributed by atoms with Crippen molar-refractivity contribution < 1.29 is 23.8 Å². The monoisotopic (exact) mass is 505 g/mol. The molecule has 8 heteroatoms. The van der Waals surface area contributed by atoms with Gasteiger partial charge < -0.3 is 24.4 Å². The van der Waals surface area contributed by atoms with Gasteiger partial charge in [0.1, 0.15) is 17.2 Å². The number of benzene rings is 3. The Morgan fingerprint density at radius 3 is 2.19 bits per heavy atom. The van der Waals surface area contributed by atoms with Crippen LogP contribution in [-0.4, -0.2) is 69.6 Å². The first kappa shape index (κ1) is 27.7. The molecule has 3 aromatic carbocycles. The molecule has 0 aliphatic carbocycles. The van der Waals surface area contributed by atoms with Crippen molar-refractivity contribution in [1.29, 1.82) is 0 Å². The molecule has 0 saturated heterocycles. The van der Waals surface area contributed by atoms with Crippen molar-refractivity contribution in [3.63, 3.8) is 0 Å². The highest BCUT2D eigenvalue weighted by Crippen LogP contribution is 2.23. The molecule has 0 aliphatic rings. The number of nitrogens with zero attached hydrogens (tertiary/aromatic N) is 2. The van der Waals surface area contributed by atoms with Gasteiger partial charge in [-0.25, -0.2) is 4.79 Å². The normalized spacial score (nSPS) is 10.9. The van der Waals surface area contributed by atoms with Crippen LogP contribution in [0.4, 0.5) is 5.69 Å². The number of esters is 1. The van der Waals surface area contributed by atoms with Gasteiger partial charge in [-0.15, -0.1) is 0 Å². The van der Waals surface area contributed by atoms with Crippen molar-refractivity contribution in [1.82, 2.24) is 9.80 Å². The van der Waals surface area contributed by atoms with Crippen LogP contribution in [0.1, 0.15) is 22.3 Å². The fourth-order valence-corrected chi connectivity index (χ4v) is 3.86. The highest BCUT2D eigenvalue weighted by atomic mass is 16.5. The number of carbonyl (C=O) groups excluding carboxylic acids is 2. The van der Waals surface area contributed by atoms with Crippen molar-refractivity contribution in [2.75, 3.05) is 53.3 Å². The van der Waals surface area contributed by atoms with Crippen molar-refractivity contribution in [3.8, 4) is 17.2 Å². The second kappa shape index (κ2) is 14.0. The molecule has 8 nitrogen and oxygen atoms in total. The SMILES string of the molecule is COC(=O)c1ccc(CN(C)CCCN(C)CC(=O)Nc2ccc(Oc3ccccc3)cc2)c(OC)c1. The Bertz CT molecular complexity index is 1150. The van der Waals surface area contributed by atoms with E-state index in [2.05, 4.69) is 10.2 Å². The average molecular weight is 506 g/mol. The molecule has 196 valence electrons. The molecule has 0 atom stereocenters. The first-order chi connectivity index (χ1) is 17.9. The Balaban J connectivity index is 1.38. The van der Waals surface area contributed by atoms with Crippen LogP contribution in [-0.2, 0) is 16.1 Å². The molecule has 0 aromatic heterocycles. The predicted octanol–water partition coefficient (Wildman–Crippen LogP) is 4.67. The van der Waals surface area contributed by atoms with Crippen LogP contribution in [0.3, 0.4) is 0 Å². The molecule has 1 N–H and O–H groups in total. The van der Waals surface area contributed by atoms with E-state index in [4.69, 9.17) is 14.2 Å². The number of amides is 1. The standard InChI is InChI=1S/C29H35N3O5/c1-31(20-23-12-11-22(29(34)36-4)19-27(23)35-3)17-8-18-32(2)21-28(33)30-24-13-15-26(16-14-24)37-25-9-6-5-7-10-25/h5-7,9-16,19H,8,17-18,20-21H2,1-4H3,(H,30,33). The molecule has 3 aromatic rings. The van der Waals surface area contributed by atoms with Gasteiger partial charge in [0.15, 0.2) is 0 Å². The lowest BCUT2D eigenvalue weighted by atomic mass is 10.1. The van der Waals surface area contributed by atoms with Crippen LogP contribution in [0.2, 0.25) is 0 Å². The zero-order valence-corrected chi connectivity index (χ0v) is 21.9. The van der Waals surface area contributed by atoms with Gasteiger partial charge >= 0.3 is 5.97 Å². The Morgan fingerprint density at radius 2 is 1.51 bits per heavy atom. The summed E-state index contributed by atoms with van der Waals surface area (Å²) in [6.45, 7) is 2.60. The van der Waals surface area contributed by atoms with E-state index in [1.54, 1.807) is 19.2 Å². The van der Waals surface area contributed by atoms with E-state index in [9.17, 15) is 9.59 Å². The number of hydrogen-bond donors (Lipinski definition) is 1. The van der Waals surface area contributed by atoms with E-state index in [0.717, 1.165) is 36.5 Å². The van der Waals surface area contributed by atoms with E-state index in [1.807, 2.05) is 79.7 Å². The number of anilines is 1. The fraction of sp³-hybridized carbons (Fsp3) is 0.310. The highest BCUT2D eigenvalue weighted by Gasteiger charge is 2.13. The number of ether oxygens (including phenoxy) is 3. The van der Waals surface area contributed by atoms with Gasteiger partial charge in [0.2, 0.25) is 5.91 Å². The topological polar surface area (TPSA) is 80.3 Å². The third-order valence-corrected chi connectivity index (χ3v) is 5.76. The maximum Gasteiger partial charge on any atom is 0.337 e. The lowest BCUT2D eigenvalue weighted by Gasteiger charge is -2.21. The third kappa shape index (κ3) is 8.93. The van der Waals surface area contributed by atoms with Crippen molar-refractivity contribution in [2.45, 2.75) is 13.0 Å². The number of likely N-dealkylation sites (N-methyl/N-ethyl adjacent to an activating group) is 1. The first-order valence-electron chi connectivity index (χ1n) is 12.1. The van der Waals surface area contributed by atoms with Crippen LogP contribution in [0.15, 0.2) is 72.8 Å². The summed E-state index contributed by atoms with van der Waals surface area (Å²) < 4.78 is 16.0. The Labute approximate surface area is 218 Å². The third-order valence-electron chi connectivity index (χ3n) is 5.76. The van der Waals surface area contributed by atoms with Crippen LogP contribution in [0.25, 0.3) is 0 Å². The molecule has 1 amide bonds. The van der Waals surface area contributed by atoms with Gasteiger partial charge in [0, 0.05) is 17.8 Å². The quantitative estimate of drug-likeness (QED) is 0.338. The van der Waals surface area contributed by atoms with Gasteiger partial charge in [0.05, 0.1) is 26.3 Å². The van der Waals surface area contributed by atoms with Crippen LogP contribution in [0.5, 0.6) is 17.2 Å². The molecule has 0 fully saturated rings. The van der Waals surface area contributed by atoms with Gasteiger partial charge in [-0.05, 0) is 82.1 Å². The van der Waals surface area contributed by atoms with E-state index >= 15 is 0 Å². The van der Waals surface area contributed by atoms with Crippen LogP contribution in [0, 0.1) is 0 Å². The molecule has 0 aliphatic heterocycles. The molecule has 0 unspecified atom stereocenters. The molecule has 0 radical (unpaired) electrons. The predicted molar refractivity (Wildman–Crippen MR) is 144 cm³/mol. The number of nitrogens with one attached hydrogen (secondary N) is 1. The number of hydrogen-bond acceptors (Lipinski definition) is 7. The summed E-state index contributed by atoms with van der Waals surface area (Å²) >= 11 is 0. The summed E-state index contributed by atoms with van der Waals surface area (Å²) in [6, 6.07) is 22.2. The summed E-state index contributed by atoms with van der Waals surface area (Å²) in [5, 5.41) is 2.93. The molecule has 3 rings (SSSR count). The number of rotatable bonds is 13. The summed E-state index contributed by atoms with van der Waals surface area (Å²) in [7, 11) is 6.92. The molecular weight excluding hydrogens is 470 g/mol. The maximum atomic E-state index is 12.5. The lowest BCUT2D eigenvalue weighted by molar-refractivity contribution is -0.117. The second-order valence-electron chi connectivity index (χ2n) is 8.83. The van der Waals surface area contributed by atoms with Crippen molar-refractivity contribution in [2.24, 2.45) is 0 Å². The van der Waals surface area contributed by atoms with Crippen molar-refractivity contribution >= 4 is 17.6 Å². The number of methoxy groups -OCH3 is 2. The Kier molecular flexibility index (Phi) is 10.5. The van der Waals surface area contributed by atoms with Gasteiger partial charge in [-0.2, -0.15) is 0 Å². The summed E-state index contributed by atoms with van der Waals surface area (Å²) in [6.07, 6.45) is 0.897. The van der Waals surface area contributed by atoms with Gasteiger partial charge in [-0.1, -0.05) is 24.3 Å². The Morgan fingerprint density at radius 1 is 0.838 bits per heavy atom. The second-order valence-corrected chi connectivity index (χ2v) is 8.83. The molecule has 0 spiro atoms. The lowest BCUT2D eigenvalue weighted by Crippen LogP contribution is -2.32. The van der Waals surface area contributed by atoms with Crippen molar-refractivity contribution in [3.05, 3.63) is 83.9 Å². The van der Waals surface area contributed by atoms with E-state index in [-0.39, 0.29) is 11.9 Å². The largest absolute Gasteiger partial charge is 0.496 e. The minimum atomic E-state index is -0.389. The zero-order valence-electron chi connectivity index (χ0n) is 21.9. The summed E-state index contributed by atoms with van der Waals surface area (Å²) in [5.74, 6) is 1.68. The molecule has 0 saturated carbocycles. The van der Waals surface area contributed by atoms with Gasteiger partial charge in [0.25, 0.3) is 0 Å². The van der Waals surface area contributed by atoms with Crippen LogP contribution >= 0.6 is 0 Å². The Hall–Kier alpha value is -3.88. The molecule has 0 heterocycles. The minimum Gasteiger partial charge on any atom is -0.496 e. The van der Waals surface area contributed by atoms with Crippen LogP contribution < -0.4 is 14.8 Å². The summed E-state index contributed by atoms with van der Waals surface area (Å²) in [5.41, 5.74) is 2.18. The maximum absolute atomic E-state index is 12.5. The zero-order chi connectivity index (χ0) is 26.6. The molecule has 0 bridgehead atoms. The van der Waals surface area contributed by atoms with E-state index in [1.165, 1.54) is 7.11 Å². The summed E-state index contributed by atoms with van der Waals surface area (Å²) in [4.78, 5) is 28.4. The van der Waals surface area contributed by atoms with E-state index in [0.29, 0.717) is 30.2 Å². The van der Waals surface area contributed by atoms with Gasteiger partial charge in [-0.3, -0.25) is 9.69 Å². The molecular formula is C29H35N3O5. The fourth-order valence-electron chi connectivity index (χ4n) is 3.86. The smallest absolute Gasteiger partial charge is 0.337 e. The number of carbonyl (C=O) groups is 2. The number of para-hydroxylation sites is 1. The average Bonchev–Trinajstić information content (AvgIpc) is 2.90.